The summed E-state index contributed by atoms with van der Waals surface area (Å²) in [5.41, 5.74) is 5.39. The Balaban J connectivity index is 2.72. The van der Waals surface area contributed by atoms with E-state index in [0.717, 1.165) is 0 Å². The van der Waals surface area contributed by atoms with Crippen molar-refractivity contribution < 1.29 is 13.9 Å². The van der Waals surface area contributed by atoms with Crippen LogP contribution >= 0.6 is 11.6 Å². The number of benzene rings is 1. The lowest BCUT2D eigenvalue weighted by Crippen LogP contribution is -2.39. The fourth-order valence-corrected chi connectivity index (χ4v) is 1.59. The third-order valence-electron chi connectivity index (χ3n) is 2.16. The molecular weight excluding hydrogens is 257 g/mol. The van der Waals surface area contributed by atoms with Gasteiger partial charge in [-0.25, -0.2) is 4.39 Å². The molecule has 1 atom stereocenters. The highest BCUT2D eigenvalue weighted by atomic mass is 35.5. The fraction of sp³-hybridized carbons (Fsp3) is 0.462. The molecule has 0 aliphatic heterocycles. The van der Waals surface area contributed by atoms with E-state index in [1.807, 2.05) is 0 Å². The van der Waals surface area contributed by atoms with Gasteiger partial charge in [0.25, 0.3) is 0 Å². The zero-order chi connectivity index (χ0) is 13.9. The van der Waals surface area contributed by atoms with Crippen LogP contribution in [0.25, 0.3) is 0 Å². The maximum atomic E-state index is 13.5. The molecule has 0 aliphatic carbocycles. The van der Waals surface area contributed by atoms with Gasteiger partial charge in [0.15, 0.2) is 0 Å². The first-order valence-corrected chi connectivity index (χ1v) is 5.99. The molecule has 1 rings (SSSR count). The van der Waals surface area contributed by atoms with Crippen molar-refractivity contribution in [3.8, 4) is 0 Å². The van der Waals surface area contributed by atoms with E-state index < -0.39 is 23.4 Å². The molecule has 0 radical (unpaired) electrons. The molecule has 1 aromatic carbocycles. The molecule has 0 saturated carbocycles. The molecule has 18 heavy (non-hydrogen) atoms. The number of rotatable bonds is 3. The van der Waals surface area contributed by atoms with Gasteiger partial charge in [-0.1, -0.05) is 11.6 Å². The summed E-state index contributed by atoms with van der Waals surface area (Å²) in [7, 11) is 0. The van der Waals surface area contributed by atoms with Gasteiger partial charge < -0.3 is 10.5 Å². The number of esters is 1. The van der Waals surface area contributed by atoms with Crippen LogP contribution in [0, 0.1) is 5.82 Å². The summed E-state index contributed by atoms with van der Waals surface area (Å²) in [6.45, 7) is 5.24. The van der Waals surface area contributed by atoms with Crippen LogP contribution < -0.4 is 5.73 Å². The van der Waals surface area contributed by atoms with Crippen molar-refractivity contribution in [2.75, 3.05) is 0 Å². The van der Waals surface area contributed by atoms with E-state index in [2.05, 4.69) is 0 Å². The molecule has 0 aromatic heterocycles. The van der Waals surface area contributed by atoms with Crippen molar-refractivity contribution in [2.45, 2.75) is 38.8 Å². The molecule has 0 heterocycles. The van der Waals surface area contributed by atoms with E-state index in [-0.39, 0.29) is 6.42 Å². The van der Waals surface area contributed by atoms with Crippen molar-refractivity contribution in [3.63, 3.8) is 0 Å². The maximum Gasteiger partial charge on any atom is 0.323 e. The van der Waals surface area contributed by atoms with Crippen molar-refractivity contribution >= 4 is 17.6 Å². The molecule has 0 aliphatic rings. The third-order valence-corrected chi connectivity index (χ3v) is 2.39. The molecule has 0 saturated heterocycles. The molecule has 1 aromatic rings. The van der Waals surface area contributed by atoms with Crippen LogP contribution in [-0.2, 0) is 16.0 Å². The van der Waals surface area contributed by atoms with Crippen LogP contribution in [-0.4, -0.2) is 17.6 Å². The minimum absolute atomic E-state index is 0.0569. The number of ether oxygens (including phenoxy) is 1. The maximum absolute atomic E-state index is 13.5. The summed E-state index contributed by atoms with van der Waals surface area (Å²) in [5.74, 6) is -0.986. The first kappa shape index (κ1) is 14.9. The lowest BCUT2D eigenvalue weighted by Gasteiger charge is -2.22. The van der Waals surface area contributed by atoms with Gasteiger partial charge >= 0.3 is 5.97 Å². The molecule has 2 N–H and O–H groups in total. The van der Waals surface area contributed by atoms with Crippen molar-refractivity contribution in [1.82, 2.24) is 0 Å². The summed E-state index contributed by atoms with van der Waals surface area (Å²) in [6.07, 6.45) is 0.0569. The number of carbonyl (C=O) groups excluding carboxylic acids is 1. The molecule has 0 amide bonds. The largest absolute Gasteiger partial charge is 0.459 e. The Hall–Kier alpha value is -1.13. The highest BCUT2D eigenvalue weighted by molar-refractivity contribution is 6.30. The first-order chi connectivity index (χ1) is 8.19. The first-order valence-electron chi connectivity index (χ1n) is 5.61. The van der Waals surface area contributed by atoms with Gasteiger partial charge in [0.05, 0.1) is 0 Å². The van der Waals surface area contributed by atoms with Gasteiger partial charge in [0.2, 0.25) is 0 Å². The second-order valence-corrected chi connectivity index (χ2v) is 5.52. The van der Waals surface area contributed by atoms with Crippen LogP contribution in [0.2, 0.25) is 5.02 Å². The smallest absolute Gasteiger partial charge is 0.323 e. The second kappa shape index (κ2) is 5.67. The lowest BCUT2D eigenvalue weighted by atomic mass is 10.1. The van der Waals surface area contributed by atoms with Gasteiger partial charge in [0, 0.05) is 11.4 Å². The topological polar surface area (TPSA) is 52.3 Å². The highest BCUT2D eigenvalue weighted by Gasteiger charge is 2.23. The normalized spacial score (nSPS) is 13.2. The zero-order valence-electron chi connectivity index (χ0n) is 10.7. The van der Waals surface area contributed by atoms with E-state index in [1.165, 1.54) is 18.2 Å². The van der Waals surface area contributed by atoms with E-state index in [4.69, 9.17) is 22.1 Å². The number of nitrogens with two attached hydrogens (primary N) is 1. The summed E-state index contributed by atoms with van der Waals surface area (Å²) in [5, 5.41) is 0.405. The molecule has 5 heteroatoms. The van der Waals surface area contributed by atoms with Gasteiger partial charge in [-0.3, -0.25) is 4.79 Å². The number of halogens is 2. The van der Waals surface area contributed by atoms with Crippen molar-refractivity contribution in [1.29, 1.82) is 0 Å². The van der Waals surface area contributed by atoms with Crippen LogP contribution in [0.1, 0.15) is 26.3 Å². The highest BCUT2D eigenvalue weighted by Crippen LogP contribution is 2.17. The molecular formula is C13H17ClFNO2. The Morgan fingerprint density at radius 1 is 1.50 bits per heavy atom. The quantitative estimate of drug-likeness (QED) is 0.862. The second-order valence-electron chi connectivity index (χ2n) is 5.08. The van der Waals surface area contributed by atoms with Gasteiger partial charge in [0.1, 0.15) is 17.5 Å². The Labute approximate surface area is 111 Å². The van der Waals surface area contributed by atoms with Crippen LogP contribution in [0.15, 0.2) is 18.2 Å². The number of hydrogen-bond donors (Lipinski definition) is 1. The molecule has 0 spiro atoms. The standard InChI is InChI=1S/C13H17ClFNO2/c1-13(2,3)18-12(17)11(16)7-8-6-9(14)4-5-10(8)15/h4-6,11H,7,16H2,1-3H3/t11-/m0/s1. The van der Waals surface area contributed by atoms with Gasteiger partial charge in [-0.2, -0.15) is 0 Å². The monoisotopic (exact) mass is 273 g/mol. The van der Waals surface area contributed by atoms with E-state index >= 15 is 0 Å². The predicted molar refractivity (Wildman–Crippen MR) is 68.9 cm³/mol. The SMILES string of the molecule is CC(C)(C)OC(=O)[C@@H](N)Cc1cc(Cl)ccc1F. The van der Waals surface area contributed by atoms with Gasteiger partial charge in [-0.15, -0.1) is 0 Å². The van der Waals surface area contributed by atoms with Crippen molar-refractivity contribution in [3.05, 3.63) is 34.6 Å². The van der Waals surface area contributed by atoms with Crippen LogP contribution in [0.3, 0.4) is 0 Å². The average Bonchev–Trinajstić information content (AvgIpc) is 2.21. The molecule has 100 valence electrons. The Kier molecular flexibility index (Phi) is 4.71. The molecule has 0 fully saturated rings. The Morgan fingerprint density at radius 2 is 2.11 bits per heavy atom. The Morgan fingerprint density at radius 3 is 2.67 bits per heavy atom. The van der Waals surface area contributed by atoms with E-state index in [1.54, 1.807) is 20.8 Å². The average molecular weight is 274 g/mol. The predicted octanol–water partition coefficient (Wildman–Crippen LogP) is 2.69. The minimum atomic E-state index is -0.905. The van der Waals surface area contributed by atoms with E-state index in [9.17, 15) is 9.18 Å². The van der Waals surface area contributed by atoms with Gasteiger partial charge in [-0.05, 0) is 44.5 Å². The summed E-state index contributed by atoms with van der Waals surface area (Å²) in [6, 6.07) is 3.25. The lowest BCUT2D eigenvalue weighted by molar-refractivity contribution is -0.156. The summed E-state index contributed by atoms with van der Waals surface area (Å²) < 4.78 is 18.6. The number of hydrogen-bond acceptors (Lipinski definition) is 3. The summed E-state index contributed by atoms with van der Waals surface area (Å²) in [4.78, 5) is 11.7. The third kappa shape index (κ3) is 4.63. The zero-order valence-corrected chi connectivity index (χ0v) is 11.4. The summed E-state index contributed by atoms with van der Waals surface area (Å²) >= 11 is 5.76. The van der Waals surface area contributed by atoms with Crippen LogP contribution in [0.4, 0.5) is 4.39 Å². The Bertz CT molecular complexity index is 443. The minimum Gasteiger partial charge on any atom is -0.459 e. The molecule has 0 bridgehead atoms. The fourth-order valence-electron chi connectivity index (χ4n) is 1.40. The molecule has 0 unspecified atom stereocenters. The van der Waals surface area contributed by atoms with Crippen molar-refractivity contribution in [2.24, 2.45) is 5.73 Å². The molecule has 3 nitrogen and oxygen atoms in total. The van der Waals surface area contributed by atoms with Crippen LogP contribution in [0.5, 0.6) is 0 Å². The number of carbonyl (C=O) groups is 1. The van der Waals surface area contributed by atoms with E-state index in [0.29, 0.717) is 10.6 Å².